The lowest BCUT2D eigenvalue weighted by Gasteiger charge is -2.10. The number of nitrogens with zero attached hydrogens (tertiary/aromatic N) is 2. The van der Waals surface area contributed by atoms with E-state index in [0.717, 1.165) is 24.6 Å². The minimum atomic E-state index is -0.957. The Morgan fingerprint density at radius 3 is 2.70 bits per heavy atom. The molecule has 1 aliphatic rings. The zero-order valence-corrected chi connectivity index (χ0v) is 10.9. The van der Waals surface area contributed by atoms with Gasteiger partial charge in [0, 0.05) is 5.92 Å². The molecule has 0 unspecified atom stereocenters. The van der Waals surface area contributed by atoms with Crippen LogP contribution in [0.4, 0.5) is 4.39 Å². The van der Waals surface area contributed by atoms with Crippen LogP contribution in [0.15, 0.2) is 24.4 Å². The van der Waals surface area contributed by atoms with Crippen molar-refractivity contribution in [1.29, 1.82) is 0 Å². The van der Waals surface area contributed by atoms with Gasteiger partial charge in [0.05, 0.1) is 28.8 Å². The molecule has 0 atom stereocenters. The maximum Gasteiger partial charge on any atom is 0.337 e. The van der Waals surface area contributed by atoms with Gasteiger partial charge in [0.25, 0.3) is 0 Å². The molecule has 0 spiro atoms. The summed E-state index contributed by atoms with van der Waals surface area (Å²) >= 11 is 0. The van der Waals surface area contributed by atoms with Crippen molar-refractivity contribution >= 4 is 5.97 Å². The molecule has 1 fully saturated rings. The zero-order valence-electron chi connectivity index (χ0n) is 10.9. The number of aromatic nitrogens is 2. The molecule has 0 saturated heterocycles. The molecule has 0 amide bonds. The lowest BCUT2D eigenvalue weighted by Crippen LogP contribution is -2.07. The highest BCUT2D eigenvalue weighted by molar-refractivity contribution is 5.90. The Balaban J connectivity index is 2.14. The van der Waals surface area contributed by atoms with E-state index >= 15 is 0 Å². The highest BCUT2D eigenvalue weighted by atomic mass is 19.1. The van der Waals surface area contributed by atoms with E-state index in [1.807, 2.05) is 0 Å². The molecular weight excluding hydrogens is 259 g/mol. The molecule has 5 heteroatoms. The average molecular weight is 272 g/mol. The highest BCUT2D eigenvalue weighted by Gasteiger charge is 2.30. The second-order valence-corrected chi connectivity index (χ2v) is 5.03. The van der Waals surface area contributed by atoms with E-state index in [1.165, 1.54) is 6.07 Å². The number of carbonyl (C=O) groups is 1. The van der Waals surface area contributed by atoms with Crippen molar-refractivity contribution in [2.24, 2.45) is 0 Å². The Labute approximate surface area is 115 Å². The van der Waals surface area contributed by atoms with Crippen LogP contribution in [0, 0.1) is 12.7 Å². The minimum absolute atomic E-state index is 0.223. The molecule has 2 aromatic heterocycles. The van der Waals surface area contributed by atoms with Crippen LogP contribution in [0.3, 0.4) is 0 Å². The Kier molecular flexibility index (Phi) is 2.97. The molecule has 102 valence electrons. The van der Waals surface area contributed by atoms with Crippen molar-refractivity contribution < 1.29 is 14.3 Å². The maximum absolute atomic E-state index is 12.9. The standard InChI is InChI=1S/C15H13FN2O2/c1-8-6-11(15(19)20)14(9-2-3-9)18-13(8)12-5-4-10(16)7-17-12/h4-7,9H,2-3H2,1H3,(H,19,20). The summed E-state index contributed by atoms with van der Waals surface area (Å²) in [6.45, 7) is 1.79. The van der Waals surface area contributed by atoms with Crippen LogP contribution in [0.2, 0.25) is 0 Å². The molecule has 20 heavy (non-hydrogen) atoms. The van der Waals surface area contributed by atoms with Crippen LogP contribution in [-0.2, 0) is 0 Å². The predicted octanol–water partition coefficient (Wildman–Crippen LogP) is 3.17. The lowest BCUT2D eigenvalue weighted by molar-refractivity contribution is 0.0695. The van der Waals surface area contributed by atoms with Gasteiger partial charge in [-0.15, -0.1) is 0 Å². The molecule has 2 aromatic rings. The van der Waals surface area contributed by atoms with Gasteiger partial charge < -0.3 is 5.11 Å². The van der Waals surface area contributed by atoms with Crippen molar-refractivity contribution in [2.75, 3.05) is 0 Å². The van der Waals surface area contributed by atoms with Crippen molar-refractivity contribution in [3.05, 3.63) is 47.0 Å². The molecule has 1 N–H and O–H groups in total. The summed E-state index contributed by atoms with van der Waals surface area (Å²) in [4.78, 5) is 19.8. The van der Waals surface area contributed by atoms with Crippen molar-refractivity contribution in [3.8, 4) is 11.4 Å². The van der Waals surface area contributed by atoms with Gasteiger partial charge in [-0.05, 0) is 43.5 Å². The monoisotopic (exact) mass is 272 g/mol. The van der Waals surface area contributed by atoms with E-state index in [1.54, 1.807) is 19.1 Å². The summed E-state index contributed by atoms with van der Waals surface area (Å²) in [5, 5.41) is 9.26. The molecule has 0 bridgehead atoms. The van der Waals surface area contributed by atoms with Crippen LogP contribution in [0.1, 0.15) is 40.4 Å². The Hall–Kier alpha value is -2.30. The van der Waals surface area contributed by atoms with Crippen molar-refractivity contribution in [3.63, 3.8) is 0 Å². The number of pyridine rings is 2. The third-order valence-electron chi connectivity index (χ3n) is 3.41. The predicted molar refractivity (Wildman–Crippen MR) is 71.1 cm³/mol. The first-order valence-electron chi connectivity index (χ1n) is 6.43. The largest absolute Gasteiger partial charge is 0.478 e. The second-order valence-electron chi connectivity index (χ2n) is 5.03. The summed E-state index contributed by atoms with van der Waals surface area (Å²) in [5.74, 6) is -1.14. The summed E-state index contributed by atoms with van der Waals surface area (Å²) in [6, 6.07) is 4.51. The van der Waals surface area contributed by atoms with Crippen LogP contribution in [0.5, 0.6) is 0 Å². The van der Waals surface area contributed by atoms with E-state index in [-0.39, 0.29) is 11.5 Å². The molecule has 0 aromatic carbocycles. The first kappa shape index (κ1) is 12.7. The summed E-state index contributed by atoms with van der Waals surface area (Å²) in [7, 11) is 0. The van der Waals surface area contributed by atoms with Crippen LogP contribution >= 0.6 is 0 Å². The molecule has 1 saturated carbocycles. The quantitative estimate of drug-likeness (QED) is 0.932. The lowest BCUT2D eigenvalue weighted by atomic mass is 10.0. The fourth-order valence-corrected chi connectivity index (χ4v) is 2.24. The smallest absolute Gasteiger partial charge is 0.337 e. The van der Waals surface area contributed by atoms with Gasteiger partial charge >= 0.3 is 5.97 Å². The first-order valence-corrected chi connectivity index (χ1v) is 6.43. The molecular formula is C15H13FN2O2. The zero-order chi connectivity index (χ0) is 14.3. The number of rotatable bonds is 3. The number of hydrogen-bond donors (Lipinski definition) is 1. The maximum atomic E-state index is 12.9. The van der Waals surface area contributed by atoms with E-state index in [9.17, 15) is 14.3 Å². The fourth-order valence-electron chi connectivity index (χ4n) is 2.24. The van der Waals surface area contributed by atoms with E-state index in [2.05, 4.69) is 9.97 Å². The molecule has 2 heterocycles. The summed E-state index contributed by atoms with van der Waals surface area (Å²) in [6.07, 6.45) is 3.07. The molecule has 0 aliphatic heterocycles. The Morgan fingerprint density at radius 1 is 1.40 bits per heavy atom. The Bertz CT molecular complexity index is 679. The molecule has 3 rings (SSSR count). The normalized spacial score (nSPS) is 14.3. The Morgan fingerprint density at radius 2 is 2.15 bits per heavy atom. The van der Waals surface area contributed by atoms with Gasteiger partial charge in [-0.25, -0.2) is 14.2 Å². The van der Waals surface area contributed by atoms with Gasteiger partial charge in [0.15, 0.2) is 0 Å². The SMILES string of the molecule is Cc1cc(C(=O)O)c(C2CC2)nc1-c1ccc(F)cn1. The minimum Gasteiger partial charge on any atom is -0.478 e. The average Bonchev–Trinajstić information content (AvgIpc) is 3.24. The van der Waals surface area contributed by atoms with Crippen LogP contribution < -0.4 is 0 Å². The molecule has 4 nitrogen and oxygen atoms in total. The van der Waals surface area contributed by atoms with Crippen molar-refractivity contribution in [2.45, 2.75) is 25.7 Å². The molecule has 0 radical (unpaired) electrons. The van der Waals surface area contributed by atoms with Gasteiger partial charge in [-0.2, -0.15) is 0 Å². The van der Waals surface area contributed by atoms with E-state index < -0.39 is 11.8 Å². The first-order chi connectivity index (χ1) is 9.56. The summed E-state index contributed by atoms with van der Waals surface area (Å²) < 4.78 is 12.9. The van der Waals surface area contributed by atoms with Gasteiger partial charge in [0.2, 0.25) is 0 Å². The van der Waals surface area contributed by atoms with Crippen LogP contribution in [0.25, 0.3) is 11.4 Å². The third kappa shape index (κ3) is 2.27. The van der Waals surface area contributed by atoms with E-state index in [4.69, 9.17) is 0 Å². The highest BCUT2D eigenvalue weighted by Crippen LogP contribution is 2.41. The number of carboxylic acids is 1. The van der Waals surface area contributed by atoms with Gasteiger partial charge in [-0.3, -0.25) is 4.98 Å². The number of aromatic carboxylic acids is 1. The number of halogens is 1. The topological polar surface area (TPSA) is 63.1 Å². The molecule has 1 aliphatic carbocycles. The second kappa shape index (κ2) is 4.67. The number of carboxylic acid groups (broad SMARTS) is 1. The summed E-state index contributed by atoms with van der Waals surface area (Å²) in [5.41, 5.74) is 2.78. The number of hydrogen-bond acceptors (Lipinski definition) is 3. The van der Waals surface area contributed by atoms with Gasteiger partial charge in [0.1, 0.15) is 5.82 Å². The number of aryl methyl sites for hydroxylation is 1. The fraction of sp³-hybridized carbons (Fsp3) is 0.267. The van der Waals surface area contributed by atoms with Gasteiger partial charge in [-0.1, -0.05) is 0 Å². The van der Waals surface area contributed by atoms with E-state index in [0.29, 0.717) is 17.1 Å². The van der Waals surface area contributed by atoms with Crippen LogP contribution in [-0.4, -0.2) is 21.0 Å². The third-order valence-corrected chi connectivity index (χ3v) is 3.41. The van der Waals surface area contributed by atoms with Crippen molar-refractivity contribution in [1.82, 2.24) is 9.97 Å².